The zero-order valence-electron chi connectivity index (χ0n) is 19.0. The Morgan fingerprint density at radius 2 is 1.82 bits per heavy atom. The van der Waals surface area contributed by atoms with Crippen LogP contribution < -0.4 is 16.0 Å². The number of aromatic nitrogens is 2. The lowest BCUT2D eigenvalue weighted by molar-refractivity contribution is -0.0800. The molecule has 1 aliphatic heterocycles. The molecular formula is C21H29N2O10P. The summed E-state index contributed by atoms with van der Waals surface area (Å²) in [6, 6.07) is 7.66. The molecule has 0 radical (unpaired) electrons. The van der Waals surface area contributed by atoms with E-state index in [1.165, 1.54) is 7.11 Å². The van der Waals surface area contributed by atoms with Crippen molar-refractivity contribution in [3.05, 3.63) is 51.2 Å². The molecule has 3 rings (SSSR count). The van der Waals surface area contributed by atoms with Crippen LogP contribution in [-0.2, 0) is 18.3 Å². The fraction of sp³-hybridized carbons (Fsp3) is 0.524. The smallest absolute Gasteiger partial charge is 0.333 e. The van der Waals surface area contributed by atoms with Crippen molar-refractivity contribution < 1.29 is 38.4 Å². The molecule has 0 saturated carbocycles. The summed E-state index contributed by atoms with van der Waals surface area (Å²) in [5.41, 5.74) is -1.08. The standard InChI is InChI=1S/C21H29N2O10P/c1-4-31-34(29,32-5-2)11-15(24)19-17(26)18(27)20(33-19)23-14(10-16(25)22-21(23)28)12-7-6-8-13(9-12)30-3/h6-10,15,17-20,24,26-27H,4-5,11H2,1-3H3,(H,22,25,28)/t15-,17+,18-,19-,20-/m1/s1. The number of aliphatic hydroxyl groups excluding tert-OH is 3. The minimum Gasteiger partial charge on any atom is -0.497 e. The molecule has 188 valence electrons. The van der Waals surface area contributed by atoms with E-state index in [2.05, 4.69) is 4.98 Å². The van der Waals surface area contributed by atoms with Gasteiger partial charge in [-0.1, -0.05) is 12.1 Å². The normalized spacial score (nSPS) is 23.7. The van der Waals surface area contributed by atoms with Gasteiger partial charge in [0.15, 0.2) is 6.23 Å². The molecule has 2 heterocycles. The van der Waals surface area contributed by atoms with Crippen LogP contribution in [0.3, 0.4) is 0 Å². The summed E-state index contributed by atoms with van der Waals surface area (Å²) in [6.07, 6.45) is -8.26. The predicted molar refractivity (Wildman–Crippen MR) is 121 cm³/mol. The molecule has 12 nitrogen and oxygen atoms in total. The highest BCUT2D eigenvalue weighted by Crippen LogP contribution is 2.49. The van der Waals surface area contributed by atoms with Crippen molar-refractivity contribution in [3.8, 4) is 17.0 Å². The Morgan fingerprint density at radius 3 is 2.44 bits per heavy atom. The molecule has 1 fully saturated rings. The summed E-state index contributed by atoms with van der Waals surface area (Å²) >= 11 is 0. The zero-order valence-corrected chi connectivity index (χ0v) is 19.9. The second-order valence-corrected chi connectivity index (χ2v) is 9.70. The number of rotatable bonds is 10. The second kappa shape index (κ2) is 11.0. The molecule has 2 aromatic rings. The quantitative estimate of drug-likeness (QED) is 0.336. The Labute approximate surface area is 195 Å². The molecule has 13 heteroatoms. The van der Waals surface area contributed by atoms with Crippen molar-refractivity contribution in [3.63, 3.8) is 0 Å². The highest BCUT2D eigenvalue weighted by Gasteiger charge is 2.49. The Morgan fingerprint density at radius 1 is 1.15 bits per heavy atom. The van der Waals surface area contributed by atoms with Gasteiger partial charge in [0.25, 0.3) is 5.56 Å². The van der Waals surface area contributed by atoms with E-state index in [1.54, 1.807) is 38.1 Å². The van der Waals surface area contributed by atoms with Crippen molar-refractivity contribution in [2.24, 2.45) is 0 Å². The van der Waals surface area contributed by atoms with Gasteiger partial charge >= 0.3 is 13.3 Å². The largest absolute Gasteiger partial charge is 0.497 e. The SMILES string of the molecule is CCOP(=O)(C[C@@H](O)[C@H]1O[C@@H](n2c(-c3cccc(OC)c3)cc(=O)[nH]c2=O)[C@H](O)[C@@H]1O)OCC. The van der Waals surface area contributed by atoms with Gasteiger partial charge in [0.1, 0.15) is 24.1 Å². The lowest BCUT2D eigenvalue weighted by atomic mass is 10.1. The Hall–Kier alpha value is -2.31. The number of aliphatic hydroxyl groups is 3. The van der Waals surface area contributed by atoms with Gasteiger partial charge in [-0.25, -0.2) is 4.79 Å². The van der Waals surface area contributed by atoms with Crippen molar-refractivity contribution >= 4 is 7.60 Å². The fourth-order valence-electron chi connectivity index (χ4n) is 3.85. The third-order valence-electron chi connectivity index (χ3n) is 5.31. The molecule has 5 atom stereocenters. The summed E-state index contributed by atoms with van der Waals surface area (Å²) in [5.74, 6) is 0.459. The molecule has 1 aliphatic rings. The molecule has 4 N–H and O–H groups in total. The number of hydrogen-bond donors (Lipinski definition) is 4. The van der Waals surface area contributed by atoms with Gasteiger partial charge in [-0.15, -0.1) is 0 Å². The first-order valence-electron chi connectivity index (χ1n) is 10.7. The van der Waals surface area contributed by atoms with Crippen LogP contribution in [0.25, 0.3) is 11.3 Å². The van der Waals surface area contributed by atoms with Crippen LogP contribution in [0.15, 0.2) is 39.9 Å². The summed E-state index contributed by atoms with van der Waals surface area (Å²) in [7, 11) is -2.24. The summed E-state index contributed by atoms with van der Waals surface area (Å²) < 4.78 is 35.0. The van der Waals surface area contributed by atoms with Crippen LogP contribution in [0.4, 0.5) is 0 Å². The van der Waals surface area contributed by atoms with E-state index < -0.39 is 55.7 Å². The number of methoxy groups -OCH3 is 1. The summed E-state index contributed by atoms with van der Waals surface area (Å²) in [6.45, 7) is 3.36. The predicted octanol–water partition coefficient (Wildman–Crippen LogP) is 0.458. The zero-order chi connectivity index (χ0) is 25.0. The monoisotopic (exact) mass is 500 g/mol. The van der Waals surface area contributed by atoms with Gasteiger partial charge < -0.3 is 33.8 Å². The molecule has 0 amide bonds. The maximum absolute atomic E-state index is 12.8. The first-order valence-corrected chi connectivity index (χ1v) is 12.4. The van der Waals surface area contributed by atoms with E-state index in [4.69, 9.17) is 18.5 Å². The topological polar surface area (TPSA) is 170 Å². The first-order chi connectivity index (χ1) is 16.1. The summed E-state index contributed by atoms with van der Waals surface area (Å²) in [5, 5.41) is 32.0. The minimum atomic E-state index is -3.70. The molecule has 1 aromatic carbocycles. The number of aromatic amines is 1. The molecule has 1 saturated heterocycles. The van der Waals surface area contributed by atoms with Gasteiger partial charge in [-0.3, -0.25) is 18.9 Å². The first kappa shape index (κ1) is 26.3. The number of benzene rings is 1. The Balaban J connectivity index is 1.98. The molecular weight excluding hydrogens is 471 g/mol. The van der Waals surface area contributed by atoms with E-state index in [0.29, 0.717) is 11.3 Å². The van der Waals surface area contributed by atoms with E-state index in [1.807, 2.05) is 0 Å². The van der Waals surface area contributed by atoms with Crippen LogP contribution in [-0.4, -0.2) is 75.8 Å². The third kappa shape index (κ3) is 5.49. The number of ether oxygens (including phenoxy) is 2. The van der Waals surface area contributed by atoms with Crippen molar-refractivity contribution in [2.75, 3.05) is 26.5 Å². The van der Waals surface area contributed by atoms with Crippen LogP contribution in [0.5, 0.6) is 5.75 Å². The van der Waals surface area contributed by atoms with Gasteiger partial charge in [-0.2, -0.15) is 0 Å². The maximum atomic E-state index is 12.8. The average molecular weight is 500 g/mol. The van der Waals surface area contributed by atoms with E-state index in [9.17, 15) is 29.5 Å². The fourth-order valence-corrected chi connectivity index (χ4v) is 5.59. The average Bonchev–Trinajstić information content (AvgIpc) is 3.08. The van der Waals surface area contributed by atoms with Crippen molar-refractivity contribution in [2.45, 2.75) is 44.5 Å². The van der Waals surface area contributed by atoms with Gasteiger partial charge in [0.2, 0.25) is 0 Å². The van der Waals surface area contributed by atoms with E-state index in [0.717, 1.165) is 10.6 Å². The molecule has 34 heavy (non-hydrogen) atoms. The molecule has 0 unspecified atom stereocenters. The van der Waals surface area contributed by atoms with Crippen LogP contribution in [0, 0.1) is 0 Å². The lowest BCUT2D eigenvalue weighted by Crippen LogP contribution is -2.41. The Kier molecular flexibility index (Phi) is 8.47. The third-order valence-corrected chi connectivity index (χ3v) is 7.44. The minimum absolute atomic E-state index is 0.0694. The number of hydrogen-bond acceptors (Lipinski definition) is 10. The highest BCUT2D eigenvalue weighted by atomic mass is 31.2. The van der Waals surface area contributed by atoms with Gasteiger partial charge in [0.05, 0.1) is 38.3 Å². The molecule has 0 spiro atoms. The van der Waals surface area contributed by atoms with E-state index in [-0.39, 0.29) is 18.9 Å². The van der Waals surface area contributed by atoms with Crippen LogP contribution in [0.2, 0.25) is 0 Å². The maximum Gasteiger partial charge on any atom is 0.333 e. The Bertz CT molecular complexity index is 1140. The number of nitrogens with one attached hydrogen (secondary N) is 1. The number of H-pyrrole nitrogens is 1. The van der Waals surface area contributed by atoms with Gasteiger partial charge in [-0.05, 0) is 26.0 Å². The number of nitrogens with zero attached hydrogens (tertiary/aromatic N) is 1. The van der Waals surface area contributed by atoms with Crippen molar-refractivity contribution in [1.29, 1.82) is 0 Å². The lowest BCUT2D eigenvalue weighted by Gasteiger charge is -2.25. The molecule has 0 bridgehead atoms. The van der Waals surface area contributed by atoms with Crippen molar-refractivity contribution in [1.82, 2.24) is 9.55 Å². The van der Waals surface area contributed by atoms with Crippen LogP contribution in [0.1, 0.15) is 20.1 Å². The van der Waals surface area contributed by atoms with E-state index >= 15 is 0 Å². The summed E-state index contributed by atoms with van der Waals surface area (Å²) in [4.78, 5) is 26.9. The molecule has 1 aromatic heterocycles. The molecule has 0 aliphatic carbocycles. The second-order valence-electron chi connectivity index (χ2n) is 7.59. The van der Waals surface area contributed by atoms with Crippen LogP contribution >= 0.6 is 7.60 Å². The highest BCUT2D eigenvalue weighted by molar-refractivity contribution is 7.53. The van der Waals surface area contributed by atoms with Gasteiger partial charge in [0, 0.05) is 11.6 Å².